The van der Waals surface area contributed by atoms with Crippen molar-refractivity contribution in [1.29, 1.82) is 0 Å². The standard InChI is InChI=1S/C22H24N6O2/c1-16-24-25-26-28(16)20(13-17-7-3-2-4-8-17)22(30)23-14-21(29)27-12-11-18-9-5-6-10-19(18)15-27/h2-10,20H,11-15H2,1H3,(H,23,30). The Morgan fingerprint density at radius 3 is 2.53 bits per heavy atom. The van der Waals surface area contributed by atoms with Crippen LogP contribution in [-0.2, 0) is 29.0 Å². The van der Waals surface area contributed by atoms with Crippen LogP contribution in [0.15, 0.2) is 54.6 Å². The fourth-order valence-corrected chi connectivity index (χ4v) is 3.75. The minimum atomic E-state index is -0.628. The zero-order valence-electron chi connectivity index (χ0n) is 16.9. The lowest BCUT2D eigenvalue weighted by Crippen LogP contribution is -2.44. The topological polar surface area (TPSA) is 93.0 Å². The van der Waals surface area contributed by atoms with E-state index in [9.17, 15) is 9.59 Å². The maximum Gasteiger partial charge on any atom is 0.245 e. The molecule has 30 heavy (non-hydrogen) atoms. The van der Waals surface area contributed by atoms with Gasteiger partial charge in [0.25, 0.3) is 0 Å². The van der Waals surface area contributed by atoms with Crippen LogP contribution >= 0.6 is 0 Å². The van der Waals surface area contributed by atoms with Gasteiger partial charge in [0, 0.05) is 19.5 Å². The highest BCUT2D eigenvalue weighted by atomic mass is 16.2. The van der Waals surface area contributed by atoms with Crippen LogP contribution in [0, 0.1) is 6.92 Å². The number of hydrogen-bond donors (Lipinski definition) is 1. The van der Waals surface area contributed by atoms with Gasteiger partial charge in [-0.05, 0) is 40.5 Å². The molecule has 154 valence electrons. The second-order valence-corrected chi connectivity index (χ2v) is 7.43. The molecule has 8 heteroatoms. The number of nitrogens with zero attached hydrogens (tertiary/aromatic N) is 5. The molecule has 0 fully saturated rings. The molecule has 2 amide bonds. The maximum absolute atomic E-state index is 13.0. The Morgan fingerprint density at radius 1 is 1.07 bits per heavy atom. The predicted octanol–water partition coefficient (Wildman–Crippen LogP) is 1.47. The van der Waals surface area contributed by atoms with E-state index in [4.69, 9.17) is 0 Å². The molecule has 8 nitrogen and oxygen atoms in total. The number of hydrogen-bond acceptors (Lipinski definition) is 5. The molecule has 1 aliphatic rings. The zero-order chi connectivity index (χ0) is 20.9. The smallest absolute Gasteiger partial charge is 0.245 e. The third-order valence-corrected chi connectivity index (χ3v) is 5.42. The third-order valence-electron chi connectivity index (χ3n) is 5.42. The van der Waals surface area contributed by atoms with Crippen LogP contribution < -0.4 is 5.32 Å². The van der Waals surface area contributed by atoms with Gasteiger partial charge in [-0.3, -0.25) is 9.59 Å². The summed E-state index contributed by atoms with van der Waals surface area (Å²) in [6.45, 7) is 2.94. The molecule has 0 aliphatic carbocycles. The number of rotatable bonds is 6. The Balaban J connectivity index is 1.41. The number of tetrazole rings is 1. The van der Waals surface area contributed by atoms with E-state index in [1.54, 1.807) is 11.8 Å². The number of benzene rings is 2. The summed E-state index contributed by atoms with van der Waals surface area (Å²) in [5, 5.41) is 14.3. The number of aromatic nitrogens is 4. The summed E-state index contributed by atoms with van der Waals surface area (Å²) >= 11 is 0. The van der Waals surface area contributed by atoms with E-state index in [-0.39, 0.29) is 18.4 Å². The summed E-state index contributed by atoms with van der Waals surface area (Å²) < 4.78 is 1.50. The number of aryl methyl sites for hydroxylation is 1. The van der Waals surface area contributed by atoms with Gasteiger partial charge in [0.15, 0.2) is 0 Å². The van der Waals surface area contributed by atoms with Gasteiger partial charge in [-0.1, -0.05) is 54.6 Å². The summed E-state index contributed by atoms with van der Waals surface area (Å²) in [5.74, 6) is 0.176. The lowest BCUT2D eigenvalue weighted by atomic mass is 10.00. The number of carbonyl (C=O) groups is 2. The monoisotopic (exact) mass is 404 g/mol. The third kappa shape index (κ3) is 4.37. The van der Waals surface area contributed by atoms with E-state index in [1.807, 2.05) is 48.5 Å². The van der Waals surface area contributed by atoms with Crippen molar-refractivity contribution < 1.29 is 9.59 Å². The number of amides is 2. The fraction of sp³-hybridized carbons (Fsp3) is 0.318. The molecule has 1 aromatic heterocycles. The van der Waals surface area contributed by atoms with Crippen molar-refractivity contribution in [2.45, 2.75) is 32.4 Å². The SMILES string of the molecule is Cc1nnnn1C(Cc1ccccc1)C(=O)NCC(=O)N1CCc2ccccc2C1. The molecule has 0 saturated carbocycles. The van der Waals surface area contributed by atoms with Crippen molar-refractivity contribution in [3.63, 3.8) is 0 Å². The second kappa shape index (κ2) is 8.86. The Hall–Kier alpha value is -3.55. The number of fused-ring (bicyclic) bond motifs is 1. The van der Waals surface area contributed by atoms with Crippen LogP contribution in [0.1, 0.15) is 28.6 Å². The number of carbonyl (C=O) groups excluding carboxylic acids is 2. The molecule has 0 radical (unpaired) electrons. The molecule has 1 atom stereocenters. The van der Waals surface area contributed by atoms with Crippen LogP contribution in [0.5, 0.6) is 0 Å². The molecule has 0 spiro atoms. The fourth-order valence-electron chi connectivity index (χ4n) is 3.75. The average molecular weight is 404 g/mol. The Labute approximate surface area is 174 Å². The highest BCUT2D eigenvalue weighted by Gasteiger charge is 2.26. The van der Waals surface area contributed by atoms with E-state index in [1.165, 1.54) is 10.2 Å². The van der Waals surface area contributed by atoms with E-state index < -0.39 is 6.04 Å². The molecule has 2 heterocycles. The second-order valence-electron chi connectivity index (χ2n) is 7.43. The normalized spacial score (nSPS) is 14.1. The highest BCUT2D eigenvalue weighted by Crippen LogP contribution is 2.19. The quantitative estimate of drug-likeness (QED) is 0.672. The van der Waals surface area contributed by atoms with Crippen LogP contribution in [0.4, 0.5) is 0 Å². The van der Waals surface area contributed by atoms with Crippen molar-refractivity contribution in [1.82, 2.24) is 30.4 Å². The van der Waals surface area contributed by atoms with Gasteiger partial charge in [0.2, 0.25) is 11.8 Å². The molecule has 2 aromatic carbocycles. The van der Waals surface area contributed by atoms with Gasteiger partial charge < -0.3 is 10.2 Å². The summed E-state index contributed by atoms with van der Waals surface area (Å²) in [4.78, 5) is 27.5. The molecule has 1 aliphatic heterocycles. The molecular weight excluding hydrogens is 380 g/mol. The zero-order valence-corrected chi connectivity index (χ0v) is 16.9. The molecule has 1 N–H and O–H groups in total. The number of nitrogens with one attached hydrogen (secondary N) is 1. The molecule has 0 bridgehead atoms. The summed E-state index contributed by atoms with van der Waals surface area (Å²) in [7, 11) is 0. The largest absolute Gasteiger partial charge is 0.345 e. The van der Waals surface area contributed by atoms with Gasteiger partial charge in [-0.2, -0.15) is 0 Å². The lowest BCUT2D eigenvalue weighted by Gasteiger charge is -2.29. The maximum atomic E-state index is 13.0. The first-order valence-electron chi connectivity index (χ1n) is 10.0. The summed E-state index contributed by atoms with van der Waals surface area (Å²) in [6.07, 6.45) is 1.26. The van der Waals surface area contributed by atoms with Gasteiger partial charge in [0.1, 0.15) is 11.9 Å². The van der Waals surface area contributed by atoms with Gasteiger partial charge in [-0.15, -0.1) is 5.10 Å². The predicted molar refractivity (Wildman–Crippen MR) is 110 cm³/mol. The summed E-state index contributed by atoms with van der Waals surface area (Å²) in [6, 6.07) is 17.2. The van der Waals surface area contributed by atoms with Crippen molar-refractivity contribution in [3.05, 3.63) is 77.1 Å². The van der Waals surface area contributed by atoms with Crippen molar-refractivity contribution in [2.24, 2.45) is 0 Å². The van der Waals surface area contributed by atoms with E-state index >= 15 is 0 Å². The van der Waals surface area contributed by atoms with Gasteiger partial charge >= 0.3 is 0 Å². The summed E-state index contributed by atoms with van der Waals surface area (Å²) in [5.41, 5.74) is 3.43. The minimum absolute atomic E-state index is 0.0482. The van der Waals surface area contributed by atoms with Crippen molar-refractivity contribution >= 4 is 11.8 Å². The van der Waals surface area contributed by atoms with Crippen LogP contribution in [-0.4, -0.2) is 50.0 Å². The van der Waals surface area contributed by atoms with E-state index in [2.05, 4.69) is 26.9 Å². The first-order chi connectivity index (χ1) is 14.6. The van der Waals surface area contributed by atoms with Gasteiger partial charge in [-0.25, -0.2) is 4.68 Å². The first-order valence-corrected chi connectivity index (χ1v) is 10.0. The Kier molecular flexibility index (Phi) is 5.83. The van der Waals surface area contributed by atoms with Gasteiger partial charge in [0.05, 0.1) is 6.54 Å². The first kappa shape index (κ1) is 19.8. The Bertz CT molecular complexity index is 1030. The molecular formula is C22H24N6O2. The lowest BCUT2D eigenvalue weighted by molar-refractivity contribution is -0.134. The average Bonchev–Trinajstić information content (AvgIpc) is 3.21. The highest BCUT2D eigenvalue weighted by molar-refractivity contribution is 5.87. The van der Waals surface area contributed by atoms with Crippen molar-refractivity contribution in [3.8, 4) is 0 Å². The van der Waals surface area contributed by atoms with E-state index in [0.717, 1.165) is 17.5 Å². The molecule has 4 rings (SSSR count). The van der Waals surface area contributed by atoms with Crippen LogP contribution in [0.25, 0.3) is 0 Å². The van der Waals surface area contributed by atoms with Crippen molar-refractivity contribution in [2.75, 3.05) is 13.1 Å². The minimum Gasteiger partial charge on any atom is -0.345 e. The Morgan fingerprint density at radius 2 is 1.80 bits per heavy atom. The molecule has 3 aromatic rings. The van der Waals surface area contributed by atoms with Crippen LogP contribution in [0.2, 0.25) is 0 Å². The van der Waals surface area contributed by atoms with Crippen LogP contribution in [0.3, 0.4) is 0 Å². The van der Waals surface area contributed by atoms with E-state index in [0.29, 0.717) is 25.3 Å². The molecule has 1 unspecified atom stereocenters. The molecule has 0 saturated heterocycles.